The fourth-order valence-electron chi connectivity index (χ4n) is 3.77. The fourth-order valence-corrected chi connectivity index (χ4v) is 4.90. The molecule has 1 aliphatic heterocycles. The first-order chi connectivity index (χ1) is 9.44. The normalized spacial score (nSPS) is 34.2. The topological polar surface area (TPSA) is 49.4 Å². The molecule has 1 heterocycles. The van der Waals surface area contributed by atoms with Gasteiger partial charge in [-0.2, -0.15) is 0 Å². The highest BCUT2D eigenvalue weighted by Crippen LogP contribution is 2.30. The number of hydrogen-bond donors (Lipinski definition) is 1. The Kier molecular flexibility index (Phi) is 5.49. The maximum Gasteiger partial charge on any atom is 0.213 e. The van der Waals surface area contributed by atoms with E-state index >= 15 is 0 Å². The number of nitrogens with one attached hydrogen (secondary N) is 1. The van der Waals surface area contributed by atoms with Crippen LogP contribution in [0.1, 0.15) is 52.9 Å². The molecule has 0 aromatic heterocycles. The minimum absolute atomic E-state index is 0.224. The van der Waals surface area contributed by atoms with Crippen molar-refractivity contribution in [1.82, 2.24) is 9.62 Å². The molecule has 2 atom stereocenters. The molecule has 20 heavy (non-hydrogen) atoms. The van der Waals surface area contributed by atoms with Gasteiger partial charge in [0.25, 0.3) is 0 Å². The molecule has 0 bridgehead atoms. The summed E-state index contributed by atoms with van der Waals surface area (Å²) < 4.78 is 25.4. The van der Waals surface area contributed by atoms with Crippen molar-refractivity contribution in [1.29, 1.82) is 0 Å². The van der Waals surface area contributed by atoms with Crippen molar-refractivity contribution in [3.05, 3.63) is 0 Å². The molecule has 2 fully saturated rings. The van der Waals surface area contributed by atoms with Gasteiger partial charge in [0.1, 0.15) is 0 Å². The average molecular weight is 302 g/mol. The molecule has 1 N–H and O–H groups in total. The smallest absolute Gasteiger partial charge is 0.213 e. The standard InChI is InChI=1S/C15H30N2O2S/c1-4-20(18,19)17-10-8-14(9-11-17)16-15-12(2)6-5-7-13(15)3/h12-16H,4-11H2,1-3H3. The largest absolute Gasteiger partial charge is 0.311 e. The van der Waals surface area contributed by atoms with Crippen molar-refractivity contribution < 1.29 is 8.42 Å². The minimum atomic E-state index is -2.99. The molecule has 0 amide bonds. The number of nitrogens with zero attached hydrogens (tertiary/aromatic N) is 1. The third kappa shape index (κ3) is 3.74. The van der Waals surface area contributed by atoms with E-state index in [4.69, 9.17) is 0 Å². The second-order valence-electron chi connectivity index (χ2n) is 6.65. The predicted molar refractivity (Wildman–Crippen MR) is 83.2 cm³/mol. The Morgan fingerprint density at radius 3 is 2.10 bits per heavy atom. The van der Waals surface area contributed by atoms with Crippen molar-refractivity contribution >= 4 is 10.0 Å². The maximum atomic E-state index is 11.9. The molecule has 0 aromatic rings. The molecule has 2 rings (SSSR count). The van der Waals surface area contributed by atoms with Gasteiger partial charge in [0, 0.05) is 25.2 Å². The second kappa shape index (κ2) is 6.75. The summed E-state index contributed by atoms with van der Waals surface area (Å²) in [7, 11) is -2.99. The Labute approximate surface area is 124 Å². The summed E-state index contributed by atoms with van der Waals surface area (Å²) in [6.45, 7) is 7.80. The fraction of sp³-hybridized carbons (Fsp3) is 1.00. The molecule has 2 aliphatic rings. The SMILES string of the molecule is CCS(=O)(=O)N1CCC(NC2C(C)CCCC2C)CC1. The van der Waals surface area contributed by atoms with E-state index in [1.807, 2.05) is 0 Å². The lowest BCUT2D eigenvalue weighted by Crippen LogP contribution is -2.52. The van der Waals surface area contributed by atoms with Crippen LogP contribution in [0.2, 0.25) is 0 Å². The molecule has 118 valence electrons. The summed E-state index contributed by atoms with van der Waals surface area (Å²) in [5.41, 5.74) is 0. The highest BCUT2D eigenvalue weighted by molar-refractivity contribution is 7.89. The van der Waals surface area contributed by atoms with Crippen LogP contribution in [-0.2, 0) is 10.0 Å². The van der Waals surface area contributed by atoms with Gasteiger partial charge in [-0.05, 0) is 44.4 Å². The van der Waals surface area contributed by atoms with Gasteiger partial charge in [0.2, 0.25) is 10.0 Å². The van der Waals surface area contributed by atoms with Crippen LogP contribution >= 0.6 is 0 Å². The van der Waals surface area contributed by atoms with Crippen molar-refractivity contribution in [3.63, 3.8) is 0 Å². The summed E-state index contributed by atoms with van der Waals surface area (Å²) in [5.74, 6) is 1.72. The molecule has 1 aliphatic carbocycles. The Morgan fingerprint density at radius 2 is 1.60 bits per heavy atom. The third-order valence-corrected chi connectivity index (χ3v) is 7.07. The molecule has 4 nitrogen and oxygen atoms in total. The number of sulfonamides is 1. The predicted octanol–water partition coefficient (Wildman–Crippen LogP) is 2.21. The molecule has 1 saturated heterocycles. The van der Waals surface area contributed by atoms with E-state index in [-0.39, 0.29) is 5.75 Å². The first kappa shape index (κ1) is 16.2. The van der Waals surface area contributed by atoms with Gasteiger partial charge in [-0.3, -0.25) is 0 Å². The van der Waals surface area contributed by atoms with Crippen LogP contribution in [0.25, 0.3) is 0 Å². The van der Waals surface area contributed by atoms with Crippen molar-refractivity contribution in [3.8, 4) is 0 Å². The maximum absolute atomic E-state index is 11.9. The molecule has 2 unspecified atom stereocenters. The lowest BCUT2D eigenvalue weighted by atomic mass is 9.78. The van der Waals surface area contributed by atoms with E-state index in [1.54, 1.807) is 11.2 Å². The van der Waals surface area contributed by atoms with Gasteiger partial charge >= 0.3 is 0 Å². The summed E-state index contributed by atoms with van der Waals surface area (Å²) >= 11 is 0. The van der Waals surface area contributed by atoms with Crippen LogP contribution in [0.4, 0.5) is 0 Å². The highest BCUT2D eigenvalue weighted by Gasteiger charge is 2.32. The van der Waals surface area contributed by atoms with Gasteiger partial charge < -0.3 is 5.32 Å². The van der Waals surface area contributed by atoms with E-state index in [0.717, 1.165) is 24.7 Å². The molecule has 1 saturated carbocycles. The molecule has 0 aromatic carbocycles. The summed E-state index contributed by atoms with van der Waals surface area (Å²) in [6, 6.07) is 1.11. The molecule has 0 radical (unpaired) electrons. The van der Waals surface area contributed by atoms with Crippen molar-refractivity contribution in [2.45, 2.75) is 65.0 Å². The molecule has 0 spiro atoms. The molecular weight excluding hydrogens is 272 g/mol. The molecular formula is C15H30N2O2S. The van der Waals surface area contributed by atoms with E-state index in [1.165, 1.54) is 19.3 Å². The monoisotopic (exact) mass is 302 g/mol. The summed E-state index contributed by atoms with van der Waals surface area (Å²) in [4.78, 5) is 0. The van der Waals surface area contributed by atoms with Crippen LogP contribution in [-0.4, -0.2) is 43.6 Å². The van der Waals surface area contributed by atoms with Crippen molar-refractivity contribution in [2.75, 3.05) is 18.8 Å². The van der Waals surface area contributed by atoms with Crippen LogP contribution in [0.5, 0.6) is 0 Å². The Balaban J connectivity index is 1.85. The lowest BCUT2D eigenvalue weighted by molar-refractivity contribution is 0.171. The lowest BCUT2D eigenvalue weighted by Gasteiger charge is -2.40. The summed E-state index contributed by atoms with van der Waals surface area (Å²) in [6.07, 6.45) is 5.91. The quantitative estimate of drug-likeness (QED) is 0.866. The van der Waals surface area contributed by atoms with E-state index in [9.17, 15) is 8.42 Å². The highest BCUT2D eigenvalue weighted by atomic mass is 32.2. The second-order valence-corrected chi connectivity index (χ2v) is 8.91. The van der Waals surface area contributed by atoms with Crippen LogP contribution in [0.3, 0.4) is 0 Å². The van der Waals surface area contributed by atoms with Crippen LogP contribution < -0.4 is 5.32 Å². The number of piperidine rings is 1. The average Bonchev–Trinajstić information content (AvgIpc) is 2.43. The Morgan fingerprint density at radius 1 is 1.05 bits per heavy atom. The Hall–Kier alpha value is -0.130. The summed E-state index contributed by atoms with van der Waals surface area (Å²) in [5, 5.41) is 3.83. The van der Waals surface area contributed by atoms with Crippen LogP contribution in [0, 0.1) is 11.8 Å². The number of hydrogen-bond acceptors (Lipinski definition) is 3. The first-order valence-electron chi connectivity index (χ1n) is 8.18. The minimum Gasteiger partial charge on any atom is -0.311 e. The van der Waals surface area contributed by atoms with E-state index in [2.05, 4.69) is 19.2 Å². The Bertz CT molecular complexity index is 392. The van der Waals surface area contributed by atoms with Crippen molar-refractivity contribution in [2.24, 2.45) is 11.8 Å². The first-order valence-corrected chi connectivity index (χ1v) is 9.79. The van der Waals surface area contributed by atoms with E-state index in [0.29, 0.717) is 25.2 Å². The molecule has 5 heteroatoms. The van der Waals surface area contributed by atoms with Gasteiger partial charge in [0.05, 0.1) is 5.75 Å². The van der Waals surface area contributed by atoms with Gasteiger partial charge in [-0.1, -0.05) is 20.3 Å². The van der Waals surface area contributed by atoms with Crippen LogP contribution in [0.15, 0.2) is 0 Å². The zero-order chi connectivity index (χ0) is 14.8. The van der Waals surface area contributed by atoms with Gasteiger partial charge in [-0.15, -0.1) is 0 Å². The zero-order valence-corrected chi connectivity index (χ0v) is 14.0. The van der Waals surface area contributed by atoms with Gasteiger partial charge in [0.15, 0.2) is 0 Å². The number of rotatable bonds is 4. The zero-order valence-electron chi connectivity index (χ0n) is 13.1. The van der Waals surface area contributed by atoms with Gasteiger partial charge in [-0.25, -0.2) is 12.7 Å². The third-order valence-electron chi connectivity index (χ3n) is 5.19. The van der Waals surface area contributed by atoms with E-state index < -0.39 is 10.0 Å².